The first-order chi connectivity index (χ1) is 8.56. The van der Waals surface area contributed by atoms with Gasteiger partial charge in [0.15, 0.2) is 0 Å². The fourth-order valence-electron chi connectivity index (χ4n) is 3.14. The van der Waals surface area contributed by atoms with Crippen molar-refractivity contribution in [1.82, 2.24) is 9.80 Å². The fourth-order valence-corrected chi connectivity index (χ4v) is 3.14. The number of amides is 1. The average Bonchev–Trinajstić information content (AvgIpc) is 2.75. The van der Waals surface area contributed by atoms with E-state index in [1.54, 1.807) is 0 Å². The molecule has 112 valence electrons. The molecule has 1 atom stereocenters. The third-order valence-electron chi connectivity index (χ3n) is 4.59. The van der Waals surface area contributed by atoms with Gasteiger partial charge >= 0.3 is 0 Å². The summed E-state index contributed by atoms with van der Waals surface area (Å²) in [6.07, 6.45) is 5.89. The number of carbonyl (C=O) groups is 1. The zero-order valence-electron chi connectivity index (χ0n) is 12.2. The molecule has 2 fully saturated rings. The minimum absolute atomic E-state index is 0. The number of nitrogens with two attached hydrogens (primary N) is 1. The first-order valence-corrected chi connectivity index (χ1v) is 7.30. The SMILES string of the molecule is CC1CCC(N(C)C(=O)CN2CCC(N)C2)CC1.Cl. The summed E-state index contributed by atoms with van der Waals surface area (Å²) in [4.78, 5) is 16.4. The molecular weight excluding hydrogens is 262 g/mol. The van der Waals surface area contributed by atoms with Crippen LogP contribution in [0.2, 0.25) is 0 Å². The maximum atomic E-state index is 12.2. The Balaban J connectivity index is 0.00000180. The molecule has 0 aromatic heterocycles. The van der Waals surface area contributed by atoms with Crippen molar-refractivity contribution in [3.8, 4) is 0 Å². The molecule has 1 saturated heterocycles. The Morgan fingerprint density at radius 2 is 1.89 bits per heavy atom. The van der Waals surface area contributed by atoms with Crippen LogP contribution in [0.1, 0.15) is 39.0 Å². The van der Waals surface area contributed by atoms with Crippen LogP contribution in [-0.4, -0.2) is 54.5 Å². The van der Waals surface area contributed by atoms with E-state index in [-0.39, 0.29) is 24.4 Å². The average molecular weight is 290 g/mol. The van der Waals surface area contributed by atoms with Gasteiger partial charge in [0.05, 0.1) is 6.54 Å². The standard InChI is InChI=1S/C14H27N3O.ClH/c1-11-3-5-13(6-4-11)16(2)14(18)10-17-8-7-12(15)9-17;/h11-13H,3-10,15H2,1-2H3;1H. The van der Waals surface area contributed by atoms with Crippen LogP contribution in [0.15, 0.2) is 0 Å². The van der Waals surface area contributed by atoms with Gasteiger partial charge in [0.2, 0.25) is 5.91 Å². The minimum atomic E-state index is 0. The van der Waals surface area contributed by atoms with Crippen molar-refractivity contribution in [3.05, 3.63) is 0 Å². The van der Waals surface area contributed by atoms with Gasteiger partial charge in [-0.15, -0.1) is 12.4 Å². The predicted molar refractivity (Wildman–Crippen MR) is 80.5 cm³/mol. The summed E-state index contributed by atoms with van der Waals surface area (Å²) in [6, 6.07) is 0.726. The molecule has 1 aliphatic carbocycles. The van der Waals surface area contributed by atoms with Gasteiger partial charge < -0.3 is 10.6 Å². The first-order valence-electron chi connectivity index (χ1n) is 7.30. The molecule has 19 heavy (non-hydrogen) atoms. The third kappa shape index (κ3) is 4.62. The molecule has 5 heteroatoms. The van der Waals surface area contributed by atoms with Gasteiger partial charge in [0, 0.05) is 32.2 Å². The van der Waals surface area contributed by atoms with Crippen molar-refractivity contribution in [2.24, 2.45) is 11.7 Å². The summed E-state index contributed by atoms with van der Waals surface area (Å²) in [6.45, 7) is 4.71. The number of likely N-dealkylation sites (tertiary alicyclic amines) is 1. The van der Waals surface area contributed by atoms with Gasteiger partial charge in [0.1, 0.15) is 0 Å². The molecule has 1 aliphatic heterocycles. The lowest BCUT2D eigenvalue weighted by Crippen LogP contribution is -2.44. The van der Waals surface area contributed by atoms with Crippen molar-refractivity contribution >= 4 is 18.3 Å². The summed E-state index contributed by atoms with van der Waals surface area (Å²) in [5.74, 6) is 1.10. The second kappa shape index (κ2) is 7.46. The lowest BCUT2D eigenvalue weighted by atomic mass is 9.87. The molecule has 0 aromatic carbocycles. The largest absolute Gasteiger partial charge is 0.342 e. The normalized spacial score (nSPS) is 31.8. The number of hydrogen-bond acceptors (Lipinski definition) is 3. The summed E-state index contributed by atoms with van der Waals surface area (Å²) in [5, 5.41) is 0. The molecule has 2 rings (SSSR count). The summed E-state index contributed by atoms with van der Waals surface area (Å²) in [7, 11) is 1.97. The highest BCUT2D eigenvalue weighted by molar-refractivity contribution is 5.85. The summed E-state index contributed by atoms with van der Waals surface area (Å²) >= 11 is 0. The molecule has 2 N–H and O–H groups in total. The van der Waals surface area contributed by atoms with Crippen molar-refractivity contribution in [2.75, 3.05) is 26.7 Å². The molecule has 1 saturated carbocycles. The van der Waals surface area contributed by atoms with Crippen molar-refractivity contribution in [2.45, 2.75) is 51.1 Å². The van der Waals surface area contributed by atoms with Crippen molar-refractivity contribution < 1.29 is 4.79 Å². The molecule has 4 nitrogen and oxygen atoms in total. The number of rotatable bonds is 3. The topological polar surface area (TPSA) is 49.6 Å². The van der Waals surface area contributed by atoms with Crippen LogP contribution in [-0.2, 0) is 4.79 Å². The summed E-state index contributed by atoms with van der Waals surface area (Å²) < 4.78 is 0. The highest BCUT2D eigenvalue weighted by Crippen LogP contribution is 2.26. The number of nitrogens with zero attached hydrogens (tertiary/aromatic N) is 2. The first kappa shape index (κ1) is 16.7. The van der Waals surface area contributed by atoms with Gasteiger partial charge in [-0.1, -0.05) is 6.92 Å². The maximum Gasteiger partial charge on any atom is 0.236 e. The van der Waals surface area contributed by atoms with Crippen LogP contribution >= 0.6 is 12.4 Å². The number of likely N-dealkylation sites (N-methyl/N-ethyl adjacent to an activating group) is 1. The molecule has 2 aliphatic rings. The van der Waals surface area contributed by atoms with E-state index in [9.17, 15) is 4.79 Å². The predicted octanol–water partition coefficient (Wildman–Crippen LogP) is 1.48. The van der Waals surface area contributed by atoms with E-state index < -0.39 is 0 Å². The Bertz CT molecular complexity index is 292. The van der Waals surface area contributed by atoms with Gasteiger partial charge in [-0.25, -0.2) is 0 Å². The molecule has 0 radical (unpaired) electrons. The fraction of sp³-hybridized carbons (Fsp3) is 0.929. The molecule has 1 amide bonds. The van der Waals surface area contributed by atoms with E-state index in [4.69, 9.17) is 5.73 Å². The van der Waals surface area contributed by atoms with E-state index in [2.05, 4.69) is 11.8 Å². The molecule has 0 bridgehead atoms. The Morgan fingerprint density at radius 1 is 1.26 bits per heavy atom. The zero-order chi connectivity index (χ0) is 13.1. The Labute approximate surface area is 123 Å². The molecule has 1 unspecified atom stereocenters. The third-order valence-corrected chi connectivity index (χ3v) is 4.59. The molecule has 0 spiro atoms. The summed E-state index contributed by atoms with van der Waals surface area (Å²) in [5.41, 5.74) is 5.87. The van der Waals surface area contributed by atoms with E-state index in [0.29, 0.717) is 12.6 Å². The van der Waals surface area contributed by atoms with Gasteiger partial charge in [-0.05, 0) is 38.0 Å². The lowest BCUT2D eigenvalue weighted by molar-refractivity contribution is -0.133. The second-order valence-electron chi connectivity index (χ2n) is 6.20. The number of carbonyl (C=O) groups excluding carboxylic acids is 1. The Hall–Kier alpha value is -0.320. The van der Waals surface area contributed by atoms with Crippen LogP contribution in [0, 0.1) is 5.92 Å². The monoisotopic (exact) mass is 289 g/mol. The van der Waals surface area contributed by atoms with Crippen LogP contribution in [0.5, 0.6) is 0 Å². The van der Waals surface area contributed by atoms with E-state index >= 15 is 0 Å². The van der Waals surface area contributed by atoms with Crippen molar-refractivity contribution in [1.29, 1.82) is 0 Å². The highest BCUT2D eigenvalue weighted by atomic mass is 35.5. The van der Waals surface area contributed by atoms with Crippen LogP contribution < -0.4 is 5.73 Å². The van der Waals surface area contributed by atoms with Gasteiger partial charge in [-0.2, -0.15) is 0 Å². The highest BCUT2D eigenvalue weighted by Gasteiger charge is 2.27. The lowest BCUT2D eigenvalue weighted by Gasteiger charge is -2.34. The van der Waals surface area contributed by atoms with E-state index in [1.165, 1.54) is 25.7 Å². The van der Waals surface area contributed by atoms with Gasteiger partial charge in [0.25, 0.3) is 0 Å². The molecule has 0 aromatic rings. The Kier molecular flexibility index (Phi) is 6.57. The molecule has 1 heterocycles. The smallest absolute Gasteiger partial charge is 0.236 e. The van der Waals surface area contributed by atoms with Crippen LogP contribution in [0.4, 0.5) is 0 Å². The van der Waals surface area contributed by atoms with E-state index in [1.807, 2.05) is 11.9 Å². The second-order valence-corrected chi connectivity index (χ2v) is 6.20. The van der Waals surface area contributed by atoms with Gasteiger partial charge in [-0.3, -0.25) is 9.69 Å². The van der Waals surface area contributed by atoms with Crippen molar-refractivity contribution in [3.63, 3.8) is 0 Å². The molecular formula is C14H28ClN3O. The number of hydrogen-bond donors (Lipinski definition) is 1. The maximum absolute atomic E-state index is 12.2. The quantitative estimate of drug-likeness (QED) is 0.856. The van der Waals surface area contributed by atoms with E-state index in [0.717, 1.165) is 25.4 Å². The van der Waals surface area contributed by atoms with Crippen LogP contribution in [0.3, 0.4) is 0 Å². The van der Waals surface area contributed by atoms with Crippen LogP contribution in [0.25, 0.3) is 0 Å². The number of halogens is 1. The minimum Gasteiger partial charge on any atom is -0.342 e. The Morgan fingerprint density at radius 3 is 2.42 bits per heavy atom. The zero-order valence-corrected chi connectivity index (χ0v) is 13.0.